The summed E-state index contributed by atoms with van der Waals surface area (Å²) in [5, 5.41) is -0.137. The fraction of sp³-hybridized carbons (Fsp3) is 0.462. The largest absolute Gasteiger partial charge is 0.416 e. The number of Topliss-reactive ketones (excluding diaryl/α,β-unsaturated/α-hetero) is 1. The average molecular weight is 279 g/mol. The number of ketones is 1. The number of carbonyl (C=O) groups excluding carboxylic acids is 1. The Morgan fingerprint density at radius 2 is 1.83 bits per heavy atom. The van der Waals surface area contributed by atoms with Crippen molar-refractivity contribution in [2.75, 3.05) is 0 Å². The lowest BCUT2D eigenvalue weighted by Gasteiger charge is -2.13. The van der Waals surface area contributed by atoms with Gasteiger partial charge >= 0.3 is 6.18 Å². The fourth-order valence-electron chi connectivity index (χ4n) is 1.77. The molecule has 0 spiro atoms. The highest BCUT2D eigenvalue weighted by molar-refractivity contribution is 6.34. The lowest BCUT2D eigenvalue weighted by Crippen LogP contribution is -2.14. The van der Waals surface area contributed by atoms with E-state index in [0.29, 0.717) is 12.8 Å². The van der Waals surface area contributed by atoms with Gasteiger partial charge in [-0.1, -0.05) is 25.4 Å². The van der Waals surface area contributed by atoms with Crippen LogP contribution in [0, 0.1) is 5.92 Å². The summed E-state index contributed by atoms with van der Waals surface area (Å²) >= 11 is 5.77. The number of hydrogen-bond acceptors (Lipinski definition) is 1. The minimum atomic E-state index is -4.44. The average Bonchev–Trinajstić information content (AvgIpc) is 2.29. The third kappa shape index (κ3) is 3.25. The van der Waals surface area contributed by atoms with Crippen LogP contribution < -0.4 is 0 Å². The summed E-state index contributed by atoms with van der Waals surface area (Å²) in [4.78, 5) is 12.0. The first-order chi connectivity index (χ1) is 8.31. The standard InChI is InChI=1S/C13H14ClF3O/c1-3-8(4-2)12(18)10-6-5-9(7-11(10)14)13(15,16)17/h5-8H,3-4H2,1-2H3. The predicted molar refractivity (Wildman–Crippen MR) is 64.9 cm³/mol. The third-order valence-electron chi connectivity index (χ3n) is 2.92. The number of alkyl halides is 3. The molecule has 1 aromatic rings. The first-order valence-corrected chi connectivity index (χ1v) is 6.10. The molecule has 100 valence electrons. The minimum Gasteiger partial charge on any atom is -0.294 e. The minimum absolute atomic E-state index is 0.137. The molecular weight excluding hydrogens is 265 g/mol. The van der Waals surface area contributed by atoms with E-state index in [4.69, 9.17) is 11.6 Å². The van der Waals surface area contributed by atoms with Gasteiger partial charge in [0, 0.05) is 11.5 Å². The first kappa shape index (κ1) is 15.0. The summed E-state index contributed by atoms with van der Waals surface area (Å²) in [6.45, 7) is 3.73. The number of hydrogen-bond donors (Lipinski definition) is 0. The topological polar surface area (TPSA) is 17.1 Å². The molecule has 0 fully saturated rings. The van der Waals surface area contributed by atoms with Crippen molar-refractivity contribution in [1.82, 2.24) is 0 Å². The van der Waals surface area contributed by atoms with Crippen molar-refractivity contribution in [1.29, 1.82) is 0 Å². The van der Waals surface area contributed by atoms with E-state index in [1.807, 2.05) is 13.8 Å². The molecule has 0 heterocycles. The fourth-order valence-corrected chi connectivity index (χ4v) is 2.04. The van der Waals surface area contributed by atoms with E-state index in [9.17, 15) is 18.0 Å². The molecule has 0 radical (unpaired) electrons. The van der Waals surface area contributed by atoms with E-state index in [-0.39, 0.29) is 22.3 Å². The van der Waals surface area contributed by atoms with Gasteiger partial charge < -0.3 is 0 Å². The van der Waals surface area contributed by atoms with Crippen LogP contribution in [0.4, 0.5) is 13.2 Å². The number of carbonyl (C=O) groups is 1. The smallest absolute Gasteiger partial charge is 0.294 e. The molecule has 1 rings (SSSR count). The van der Waals surface area contributed by atoms with Crippen LogP contribution in [-0.4, -0.2) is 5.78 Å². The maximum atomic E-state index is 12.4. The molecule has 0 amide bonds. The quantitative estimate of drug-likeness (QED) is 0.710. The Morgan fingerprint density at radius 1 is 1.28 bits per heavy atom. The number of rotatable bonds is 4. The molecule has 0 saturated carbocycles. The Hall–Kier alpha value is -1.03. The van der Waals surface area contributed by atoms with Crippen molar-refractivity contribution in [3.05, 3.63) is 34.3 Å². The van der Waals surface area contributed by atoms with Gasteiger partial charge in [0.25, 0.3) is 0 Å². The van der Waals surface area contributed by atoms with Crippen LogP contribution in [0.1, 0.15) is 42.6 Å². The summed E-state index contributed by atoms with van der Waals surface area (Å²) in [5.41, 5.74) is -0.674. The van der Waals surface area contributed by atoms with Gasteiger partial charge in [0.05, 0.1) is 10.6 Å². The molecular formula is C13H14ClF3O. The molecule has 0 unspecified atom stereocenters. The van der Waals surface area contributed by atoms with Crippen molar-refractivity contribution in [3.63, 3.8) is 0 Å². The Bertz CT molecular complexity index is 436. The highest BCUT2D eigenvalue weighted by Gasteiger charge is 2.31. The van der Waals surface area contributed by atoms with E-state index in [1.165, 1.54) is 0 Å². The lowest BCUT2D eigenvalue weighted by molar-refractivity contribution is -0.137. The van der Waals surface area contributed by atoms with Crippen molar-refractivity contribution in [2.45, 2.75) is 32.9 Å². The molecule has 0 aromatic heterocycles. The number of benzene rings is 1. The van der Waals surface area contributed by atoms with E-state index in [1.54, 1.807) is 0 Å². The van der Waals surface area contributed by atoms with Gasteiger partial charge in [0.2, 0.25) is 0 Å². The predicted octanol–water partition coefficient (Wildman–Crippen LogP) is 4.98. The second-order valence-electron chi connectivity index (χ2n) is 4.07. The lowest BCUT2D eigenvalue weighted by atomic mass is 9.92. The summed E-state index contributed by atoms with van der Waals surface area (Å²) in [5.74, 6) is -0.391. The molecule has 0 saturated heterocycles. The van der Waals surface area contributed by atoms with Crippen molar-refractivity contribution < 1.29 is 18.0 Å². The molecule has 5 heteroatoms. The molecule has 18 heavy (non-hydrogen) atoms. The summed E-state index contributed by atoms with van der Waals surface area (Å²) in [7, 11) is 0. The van der Waals surface area contributed by atoms with E-state index < -0.39 is 11.7 Å². The molecule has 0 N–H and O–H groups in total. The second kappa shape index (κ2) is 5.74. The molecule has 0 aliphatic carbocycles. The first-order valence-electron chi connectivity index (χ1n) is 5.72. The highest BCUT2D eigenvalue weighted by Crippen LogP contribution is 2.33. The van der Waals surface area contributed by atoms with Crippen LogP contribution in [0.3, 0.4) is 0 Å². The zero-order valence-electron chi connectivity index (χ0n) is 10.1. The van der Waals surface area contributed by atoms with Crippen LogP contribution in [0.25, 0.3) is 0 Å². The molecule has 0 aliphatic rings. The van der Waals surface area contributed by atoms with Crippen molar-refractivity contribution in [2.24, 2.45) is 5.92 Å². The highest BCUT2D eigenvalue weighted by atomic mass is 35.5. The van der Waals surface area contributed by atoms with Crippen LogP contribution in [0.5, 0.6) is 0 Å². The second-order valence-corrected chi connectivity index (χ2v) is 4.48. The molecule has 0 atom stereocenters. The van der Waals surface area contributed by atoms with Gasteiger partial charge in [-0.15, -0.1) is 0 Å². The van der Waals surface area contributed by atoms with Crippen LogP contribution in [0.2, 0.25) is 5.02 Å². The zero-order chi connectivity index (χ0) is 13.9. The summed E-state index contributed by atoms with van der Waals surface area (Å²) < 4.78 is 37.3. The molecule has 1 aromatic carbocycles. The number of halogens is 4. The summed E-state index contributed by atoms with van der Waals surface area (Å²) in [6.07, 6.45) is -3.15. The maximum Gasteiger partial charge on any atom is 0.416 e. The van der Waals surface area contributed by atoms with Gasteiger partial charge in [-0.25, -0.2) is 0 Å². The molecule has 0 aliphatic heterocycles. The SMILES string of the molecule is CCC(CC)C(=O)c1ccc(C(F)(F)F)cc1Cl. The van der Waals surface area contributed by atoms with Gasteiger partial charge in [-0.2, -0.15) is 13.2 Å². The van der Waals surface area contributed by atoms with Crippen LogP contribution in [0.15, 0.2) is 18.2 Å². The van der Waals surface area contributed by atoms with Crippen molar-refractivity contribution >= 4 is 17.4 Å². The maximum absolute atomic E-state index is 12.4. The Balaban J connectivity index is 3.10. The molecule has 1 nitrogen and oxygen atoms in total. The molecule has 0 bridgehead atoms. The zero-order valence-corrected chi connectivity index (χ0v) is 10.9. The van der Waals surface area contributed by atoms with Gasteiger partial charge in [-0.05, 0) is 31.0 Å². The Kier molecular flexibility index (Phi) is 4.79. The van der Waals surface area contributed by atoms with Crippen molar-refractivity contribution in [3.8, 4) is 0 Å². The monoisotopic (exact) mass is 278 g/mol. The Labute approximate surface area is 109 Å². The third-order valence-corrected chi connectivity index (χ3v) is 3.23. The van der Waals surface area contributed by atoms with Gasteiger partial charge in [0.15, 0.2) is 5.78 Å². The Morgan fingerprint density at radius 3 is 2.22 bits per heavy atom. The van der Waals surface area contributed by atoms with Crippen LogP contribution >= 0.6 is 11.6 Å². The van der Waals surface area contributed by atoms with Gasteiger partial charge in [-0.3, -0.25) is 4.79 Å². The van der Waals surface area contributed by atoms with E-state index in [0.717, 1.165) is 18.2 Å². The summed E-state index contributed by atoms with van der Waals surface area (Å²) in [6, 6.07) is 2.85. The van der Waals surface area contributed by atoms with E-state index >= 15 is 0 Å². The van der Waals surface area contributed by atoms with E-state index in [2.05, 4.69) is 0 Å². The normalized spacial score (nSPS) is 11.9. The van der Waals surface area contributed by atoms with Crippen LogP contribution in [-0.2, 0) is 6.18 Å². The van der Waals surface area contributed by atoms with Gasteiger partial charge in [0.1, 0.15) is 0 Å².